The van der Waals surface area contributed by atoms with Crippen LogP contribution >= 0.6 is 0 Å². The molecule has 1 heterocycles. The van der Waals surface area contributed by atoms with Crippen molar-refractivity contribution >= 4 is 0 Å². The number of aromatic nitrogens is 2. The fraction of sp³-hybridized carbons (Fsp3) is 0.500. The van der Waals surface area contributed by atoms with Crippen LogP contribution in [0.2, 0.25) is 0 Å². The summed E-state index contributed by atoms with van der Waals surface area (Å²) in [5.41, 5.74) is 2.65. The Labute approximate surface area is 124 Å². The monoisotopic (exact) mass is 274 g/mol. The maximum absolute atomic E-state index is 4.20. The van der Waals surface area contributed by atoms with Gasteiger partial charge in [-0.2, -0.15) is 0 Å². The van der Waals surface area contributed by atoms with Gasteiger partial charge in [0, 0.05) is 18.4 Å². The summed E-state index contributed by atoms with van der Waals surface area (Å²) < 4.78 is 2.22. The second kappa shape index (κ2) is 12.5. The van der Waals surface area contributed by atoms with Crippen LogP contribution in [0.3, 0.4) is 0 Å². The molecule has 0 radical (unpaired) electrons. The Hall–Kier alpha value is -1.57. The second-order valence-corrected chi connectivity index (χ2v) is 4.46. The molecule has 2 nitrogen and oxygen atoms in total. The van der Waals surface area contributed by atoms with E-state index in [1.165, 1.54) is 24.1 Å². The second-order valence-electron chi connectivity index (χ2n) is 4.46. The lowest BCUT2D eigenvalue weighted by Gasteiger charge is -2.06. The lowest BCUT2D eigenvalue weighted by Crippen LogP contribution is -2.02. The van der Waals surface area contributed by atoms with Crippen molar-refractivity contribution in [2.75, 3.05) is 0 Å². The van der Waals surface area contributed by atoms with Gasteiger partial charge in [0.2, 0.25) is 0 Å². The molecule has 0 amide bonds. The third-order valence-electron chi connectivity index (χ3n) is 2.50. The van der Waals surface area contributed by atoms with Gasteiger partial charge in [-0.05, 0) is 12.0 Å². The summed E-state index contributed by atoms with van der Waals surface area (Å²) in [5, 5.41) is 0. The van der Waals surface area contributed by atoms with Crippen molar-refractivity contribution in [3.8, 4) is 0 Å². The maximum Gasteiger partial charge on any atom is 0.0951 e. The van der Waals surface area contributed by atoms with Crippen LogP contribution in [-0.4, -0.2) is 9.55 Å². The molecule has 0 N–H and O–H groups in total. The van der Waals surface area contributed by atoms with Gasteiger partial charge in [-0.3, -0.25) is 0 Å². The molecule has 0 spiro atoms. The van der Waals surface area contributed by atoms with Crippen LogP contribution in [0, 0.1) is 0 Å². The van der Waals surface area contributed by atoms with E-state index in [9.17, 15) is 0 Å². The molecule has 0 aliphatic carbocycles. The van der Waals surface area contributed by atoms with Crippen LogP contribution in [0.15, 0.2) is 42.9 Å². The number of aryl methyl sites for hydroxylation is 1. The van der Waals surface area contributed by atoms with Gasteiger partial charge in [0.05, 0.1) is 6.33 Å². The van der Waals surface area contributed by atoms with Crippen LogP contribution < -0.4 is 0 Å². The van der Waals surface area contributed by atoms with E-state index in [4.69, 9.17) is 0 Å². The first-order chi connectivity index (χ1) is 9.81. The fourth-order valence-electron chi connectivity index (χ4n) is 1.73. The summed E-state index contributed by atoms with van der Waals surface area (Å²) in [6.45, 7) is 11.4. The van der Waals surface area contributed by atoms with Gasteiger partial charge >= 0.3 is 0 Å². The van der Waals surface area contributed by atoms with Gasteiger partial charge in [-0.25, -0.2) is 4.98 Å². The van der Waals surface area contributed by atoms with E-state index in [1.54, 1.807) is 0 Å². The molecule has 0 aliphatic rings. The average molecular weight is 274 g/mol. The average Bonchev–Trinajstić information content (AvgIpc) is 2.91. The lowest BCUT2D eigenvalue weighted by molar-refractivity contribution is 0.723. The third-order valence-corrected chi connectivity index (χ3v) is 2.50. The SMILES string of the molecule is CC.CCC.CCCc1cncn1Cc1ccccc1. The summed E-state index contributed by atoms with van der Waals surface area (Å²) >= 11 is 0. The van der Waals surface area contributed by atoms with Gasteiger partial charge in [0.15, 0.2) is 0 Å². The predicted octanol–water partition coefficient (Wildman–Crippen LogP) is 5.33. The third kappa shape index (κ3) is 7.13. The zero-order valence-electron chi connectivity index (χ0n) is 13.8. The molecule has 0 aliphatic heterocycles. The Morgan fingerprint density at radius 1 is 1.00 bits per heavy atom. The standard InChI is InChI=1S/C13H16N2.C3H8.C2H6/c1-2-6-13-9-14-11-15(13)10-12-7-4-3-5-8-12;1-3-2;1-2/h3-5,7-9,11H,2,6,10H2,1H3;3H2,1-2H3;1-2H3. The van der Waals surface area contributed by atoms with Gasteiger partial charge in [-0.1, -0.05) is 77.8 Å². The Kier molecular flexibility index (Phi) is 11.5. The molecule has 0 fully saturated rings. The number of nitrogens with zero attached hydrogens (tertiary/aromatic N) is 2. The first-order valence-corrected chi connectivity index (χ1v) is 7.84. The minimum atomic E-state index is 0.927. The van der Waals surface area contributed by atoms with Gasteiger partial charge in [0.1, 0.15) is 0 Å². The van der Waals surface area contributed by atoms with E-state index in [2.05, 4.69) is 54.6 Å². The molecule has 1 aromatic carbocycles. The zero-order chi connectivity index (χ0) is 15.2. The van der Waals surface area contributed by atoms with Crippen molar-refractivity contribution in [3.05, 3.63) is 54.1 Å². The molecule has 0 bridgehead atoms. The van der Waals surface area contributed by atoms with Gasteiger partial charge < -0.3 is 4.57 Å². The van der Waals surface area contributed by atoms with E-state index in [1.807, 2.05) is 32.4 Å². The number of hydrogen-bond acceptors (Lipinski definition) is 1. The van der Waals surface area contributed by atoms with Crippen LogP contribution in [0.25, 0.3) is 0 Å². The molecule has 112 valence electrons. The molecule has 0 unspecified atom stereocenters. The summed E-state index contributed by atoms with van der Waals surface area (Å²) in [4.78, 5) is 4.20. The quantitative estimate of drug-likeness (QED) is 0.737. The summed E-state index contributed by atoms with van der Waals surface area (Å²) in [7, 11) is 0. The van der Waals surface area contributed by atoms with E-state index in [0.29, 0.717) is 0 Å². The van der Waals surface area contributed by atoms with Crippen molar-refractivity contribution in [2.24, 2.45) is 0 Å². The molecular weight excluding hydrogens is 244 g/mol. The number of imidazole rings is 1. The highest BCUT2D eigenvalue weighted by molar-refractivity contribution is 5.16. The van der Waals surface area contributed by atoms with Crippen molar-refractivity contribution in [1.82, 2.24) is 9.55 Å². The van der Waals surface area contributed by atoms with Crippen molar-refractivity contribution in [1.29, 1.82) is 0 Å². The predicted molar refractivity (Wildman–Crippen MR) is 89.1 cm³/mol. The Morgan fingerprint density at radius 2 is 1.60 bits per heavy atom. The minimum absolute atomic E-state index is 0.927. The molecule has 0 atom stereocenters. The number of hydrogen-bond donors (Lipinski definition) is 0. The molecule has 20 heavy (non-hydrogen) atoms. The molecule has 2 heteroatoms. The van der Waals surface area contributed by atoms with E-state index >= 15 is 0 Å². The summed E-state index contributed by atoms with van der Waals surface area (Å²) in [6, 6.07) is 10.5. The normalized spacial score (nSPS) is 9.05. The van der Waals surface area contributed by atoms with Crippen molar-refractivity contribution < 1.29 is 0 Å². The smallest absolute Gasteiger partial charge is 0.0951 e. The Bertz CT molecular complexity index is 418. The molecule has 1 aromatic heterocycles. The largest absolute Gasteiger partial charge is 0.330 e. The first-order valence-electron chi connectivity index (χ1n) is 7.84. The Balaban J connectivity index is 0.000000641. The van der Waals surface area contributed by atoms with Gasteiger partial charge in [0.25, 0.3) is 0 Å². The van der Waals surface area contributed by atoms with Crippen LogP contribution in [-0.2, 0) is 13.0 Å². The van der Waals surface area contributed by atoms with Crippen molar-refractivity contribution in [2.45, 2.75) is 60.4 Å². The highest BCUT2D eigenvalue weighted by Crippen LogP contribution is 2.07. The number of rotatable bonds is 4. The highest BCUT2D eigenvalue weighted by Gasteiger charge is 2.00. The molecule has 2 rings (SSSR count). The summed E-state index contributed by atoms with van der Waals surface area (Å²) in [6.07, 6.45) is 7.40. The van der Waals surface area contributed by atoms with E-state index < -0.39 is 0 Å². The maximum atomic E-state index is 4.20. The molecule has 0 saturated carbocycles. The van der Waals surface area contributed by atoms with Crippen LogP contribution in [0.5, 0.6) is 0 Å². The first kappa shape index (κ1) is 18.4. The topological polar surface area (TPSA) is 17.8 Å². The van der Waals surface area contributed by atoms with Crippen molar-refractivity contribution in [3.63, 3.8) is 0 Å². The fourth-order valence-corrected chi connectivity index (χ4v) is 1.73. The van der Waals surface area contributed by atoms with Gasteiger partial charge in [-0.15, -0.1) is 0 Å². The Morgan fingerprint density at radius 3 is 2.15 bits per heavy atom. The zero-order valence-corrected chi connectivity index (χ0v) is 13.8. The molecular formula is C18H30N2. The molecule has 0 saturated heterocycles. The highest BCUT2D eigenvalue weighted by atomic mass is 15.0. The lowest BCUT2D eigenvalue weighted by atomic mass is 10.2. The van der Waals surface area contributed by atoms with E-state index in [0.717, 1.165) is 13.0 Å². The van der Waals surface area contributed by atoms with E-state index in [-0.39, 0.29) is 0 Å². The summed E-state index contributed by atoms with van der Waals surface area (Å²) in [5.74, 6) is 0. The van der Waals surface area contributed by atoms with Crippen LogP contribution in [0.1, 0.15) is 58.7 Å². The van der Waals surface area contributed by atoms with Crippen LogP contribution in [0.4, 0.5) is 0 Å². The minimum Gasteiger partial charge on any atom is -0.330 e. The number of benzene rings is 1. The molecule has 2 aromatic rings.